The Morgan fingerprint density at radius 1 is 1.32 bits per heavy atom. The van der Waals surface area contributed by atoms with Gasteiger partial charge in [-0.25, -0.2) is 4.79 Å². The number of carboxylic acids is 1. The number of aliphatic carboxylic acids is 1. The molecule has 6 nitrogen and oxygen atoms in total. The fourth-order valence-electron chi connectivity index (χ4n) is 1.46. The van der Waals surface area contributed by atoms with E-state index < -0.39 is 22.7 Å². The van der Waals surface area contributed by atoms with Gasteiger partial charge >= 0.3 is 5.97 Å². The molecule has 0 saturated carbocycles. The van der Waals surface area contributed by atoms with Gasteiger partial charge in [-0.1, -0.05) is 18.2 Å². The second-order valence-corrected chi connectivity index (χ2v) is 5.56. The predicted octanol–water partition coefficient (Wildman–Crippen LogP) is 1.06. The number of hydrogen-bond donors (Lipinski definition) is 1. The molecule has 106 valence electrons. The van der Waals surface area contributed by atoms with Crippen molar-refractivity contribution < 1.29 is 27.2 Å². The van der Waals surface area contributed by atoms with Crippen molar-refractivity contribution in [2.75, 3.05) is 19.5 Å². The Morgan fingerprint density at radius 3 is 2.63 bits per heavy atom. The maximum absolute atomic E-state index is 10.8. The van der Waals surface area contributed by atoms with Crippen LogP contribution in [0.5, 0.6) is 5.75 Å². The van der Waals surface area contributed by atoms with E-state index in [0.717, 1.165) is 11.8 Å². The molecule has 0 aliphatic heterocycles. The number of aryl methyl sites for hydroxylation is 1. The molecule has 1 aromatic rings. The molecule has 1 aromatic carbocycles. The van der Waals surface area contributed by atoms with E-state index in [1.165, 1.54) is 0 Å². The molecule has 19 heavy (non-hydrogen) atoms. The van der Waals surface area contributed by atoms with Gasteiger partial charge in [-0.15, -0.1) is 0 Å². The van der Waals surface area contributed by atoms with E-state index in [9.17, 15) is 13.2 Å². The Labute approximate surface area is 112 Å². The lowest BCUT2D eigenvalue weighted by molar-refractivity contribution is -0.139. The van der Waals surface area contributed by atoms with Gasteiger partial charge in [-0.05, 0) is 24.5 Å². The molecule has 0 heterocycles. The van der Waals surface area contributed by atoms with Gasteiger partial charge in [0.05, 0.1) is 12.9 Å². The number of carbonyl (C=O) groups is 1. The summed E-state index contributed by atoms with van der Waals surface area (Å²) in [5.41, 5.74) is 0.820. The maximum Gasteiger partial charge on any atom is 0.341 e. The SMILES string of the molecule is CS(=O)(=O)OCCCc1ccccc1OCC(=O)O. The average Bonchev–Trinajstić information content (AvgIpc) is 2.32. The molecule has 0 aromatic heterocycles. The van der Waals surface area contributed by atoms with Crippen molar-refractivity contribution in [3.05, 3.63) is 29.8 Å². The van der Waals surface area contributed by atoms with Crippen LogP contribution in [0.2, 0.25) is 0 Å². The van der Waals surface area contributed by atoms with Gasteiger partial charge in [0.25, 0.3) is 10.1 Å². The zero-order valence-corrected chi connectivity index (χ0v) is 11.4. The fraction of sp³-hybridized carbons (Fsp3) is 0.417. The van der Waals surface area contributed by atoms with Crippen LogP contribution in [0.4, 0.5) is 0 Å². The Hall–Kier alpha value is -1.60. The molecule has 0 spiro atoms. The average molecular weight is 288 g/mol. The van der Waals surface area contributed by atoms with Gasteiger partial charge < -0.3 is 9.84 Å². The van der Waals surface area contributed by atoms with Gasteiger partial charge in [0.15, 0.2) is 6.61 Å². The Bertz CT molecular complexity index is 523. The molecule has 0 amide bonds. The van der Waals surface area contributed by atoms with E-state index in [2.05, 4.69) is 4.18 Å². The summed E-state index contributed by atoms with van der Waals surface area (Å²) >= 11 is 0. The second kappa shape index (κ2) is 7.10. The van der Waals surface area contributed by atoms with E-state index >= 15 is 0 Å². The number of rotatable bonds is 8. The smallest absolute Gasteiger partial charge is 0.341 e. The maximum atomic E-state index is 10.8. The molecule has 0 fully saturated rings. The van der Waals surface area contributed by atoms with Gasteiger partial charge in [0.1, 0.15) is 5.75 Å². The fourth-order valence-corrected chi connectivity index (χ4v) is 1.88. The van der Waals surface area contributed by atoms with E-state index in [-0.39, 0.29) is 6.61 Å². The van der Waals surface area contributed by atoms with Gasteiger partial charge in [0.2, 0.25) is 0 Å². The zero-order valence-electron chi connectivity index (χ0n) is 10.5. The molecule has 0 atom stereocenters. The Balaban J connectivity index is 2.50. The lowest BCUT2D eigenvalue weighted by Gasteiger charge is -2.09. The molecular formula is C12H16O6S. The number of ether oxygens (including phenoxy) is 1. The highest BCUT2D eigenvalue weighted by Crippen LogP contribution is 2.19. The predicted molar refractivity (Wildman–Crippen MR) is 68.7 cm³/mol. The van der Waals surface area contributed by atoms with Crippen LogP contribution in [0.1, 0.15) is 12.0 Å². The van der Waals surface area contributed by atoms with Gasteiger partial charge in [-0.2, -0.15) is 8.42 Å². The van der Waals surface area contributed by atoms with Gasteiger partial charge in [-0.3, -0.25) is 4.18 Å². The molecule has 0 saturated heterocycles. The summed E-state index contributed by atoms with van der Waals surface area (Å²) in [7, 11) is -3.42. The lowest BCUT2D eigenvalue weighted by atomic mass is 10.1. The van der Waals surface area contributed by atoms with Crippen LogP contribution in [0.15, 0.2) is 24.3 Å². The summed E-state index contributed by atoms with van der Waals surface area (Å²) in [5.74, 6) is -0.556. The zero-order chi connectivity index (χ0) is 14.3. The number of benzene rings is 1. The first kappa shape index (κ1) is 15.5. The normalized spacial score (nSPS) is 11.2. The van der Waals surface area contributed by atoms with Crippen LogP contribution in [0.3, 0.4) is 0 Å². The summed E-state index contributed by atoms with van der Waals surface area (Å²) in [6.07, 6.45) is 2.04. The molecule has 0 bridgehead atoms. The van der Waals surface area contributed by atoms with Crippen LogP contribution in [0.25, 0.3) is 0 Å². The summed E-state index contributed by atoms with van der Waals surface area (Å²) in [4.78, 5) is 10.4. The van der Waals surface area contributed by atoms with E-state index in [0.29, 0.717) is 18.6 Å². The molecule has 0 unspecified atom stereocenters. The first-order valence-corrected chi connectivity index (χ1v) is 7.47. The molecule has 0 aliphatic carbocycles. The molecular weight excluding hydrogens is 272 g/mol. The topological polar surface area (TPSA) is 89.9 Å². The molecule has 0 aliphatic rings. The van der Waals surface area contributed by atoms with E-state index in [1.54, 1.807) is 24.3 Å². The highest BCUT2D eigenvalue weighted by Gasteiger charge is 2.06. The first-order chi connectivity index (χ1) is 8.88. The van der Waals surface area contributed by atoms with Crippen molar-refractivity contribution in [2.24, 2.45) is 0 Å². The molecule has 0 radical (unpaired) electrons. The summed E-state index contributed by atoms with van der Waals surface area (Å²) in [6.45, 7) is -0.317. The van der Waals surface area contributed by atoms with E-state index in [4.69, 9.17) is 9.84 Å². The number of para-hydroxylation sites is 1. The summed E-state index contributed by atoms with van der Waals surface area (Å²) < 4.78 is 31.3. The van der Waals surface area contributed by atoms with Crippen LogP contribution in [0, 0.1) is 0 Å². The molecule has 1 rings (SSSR count). The van der Waals surface area contributed by atoms with Crippen molar-refractivity contribution in [1.82, 2.24) is 0 Å². The third-order valence-electron chi connectivity index (χ3n) is 2.21. The standard InChI is InChI=1S/C12H16O6S/c1-19(15,16)18-8-4-6-10-5-2-3-7-11(10)17-9-12(13)14/h2-3,5,7H,4,6,8-9H2,1H3,(H,13,14). The van der Waals surface area contributed by atoms with E-state index in [1.807, 2.05) is 0 Å². The second-order valence-electron chi connectivity index (χ2n) is 3.92. The van der Waals surface area contributed by atoms with Crippen molar-refractivity contribution in [3.8, 4) is 5.75 Å². The molecule has 1 N–H and O–H groups in total. The summed E-state index contributed by atoms with van der Waals surface area (Å²) in [5, 5.41) is 8.56. The van der Waals surface area contributed by atoms with Crippen molar-refractivity contribution in [1.29, 1.82) is 0 Å². The van der Waals surface area contributed by atoms with Crippen LogP contribution >= 0.6 is 0 Å². The Kier molecular flexibility index (Phi) is 5.78. The highest BCUT2D eigenvalue weighted by molar-refractivity contribution is 7.85. The van der Waals surface area contributed by atoms with Crippen molar-refractivity contribution >= 4 is 16.1 Å². The third-order valence-corrected chi connectivity index (χ3v) is 2.81. The Morgan fingerprint density at radius 2 is 2.00 bits per heavy atom. The van der Waals surface area contributed by atoms with Crippen molar-refractivity contribution in [3.63, 3.8) is 0 Å². The highest BCUT2D eigenvalue weighted by atomic mass is 32.2. The number of carboxylic acid groups (broad SMARTS) is 1. The third kappa shape index (κ3) is 6.78. The monoisotopic (exact) mass is 288 g/mol. The van der Waals surface area contributed by atoms with Crippen molar-refractivity contribution in [2.45, 2.75) is 12.8 Å². The summed E-state index contributed by atoms with van der Waals surface area (Å²) in [6, 6.07) is 7.03. The van der Waals surface area contributed by atoms with Crippen LogP contribution in [-0.2, 0) is 25.5 Å². The quantitative estimate of drug-likeness (QED) is 0.568. The first-order valence-electron chi connectivity index (χ1n) is 5.65. The lowest BCUT2D eigenvalue weighted by Crippen LogP contribution is -2.11. The van der Waals surface area contributed by atoms with Crippen LogP contribution < -0.4 is 4.74 Å². The minimum atomic E-state index is -3.42. The van der Waals surface area contributed by atoms with Gasteiger partial charge in [0, 0.05) is 0 Å². The largest absolute Gasteiger partial charge is 0.482 e. The minimum Gasteiger partial charge on any atom is -0.482 e. The molecule has 7 heteroatoms. The minimum absolute atomic E-state index is 0.0894. The van der Waals surface area contributed by atoms with Crippen LogP contribution in [-0.4, -0.2) is 39.0 Å². The number of hydrogen-bond acceptors (Lipinski definition) is 5.